The van der Waals surface area contributed by atoms with Crippen LogP contribution in [-0.2, 0) is 4.79 Å². The standard InChI is InChI=1S/C5H8N2OS/c1-3-2-4(8)7-5(6)9-3/h3H,2H2,1H3,(H2,6,7,8). The molecule has 0 aromatic rings. The SMILES string of the molecule is CC1CC(=O)N=C(N)S1. The molecule has 0 radical (unpaired) electrons. The van der Waals surface area contributed by atoms with Gasteiger partial charge in [-0.2, -0.15) is 4.99 Å². The number of hydrogen-bond donors (Lipinski definition) is 1. The molecule has 0 aromatic carbocycles. The Morgan fingerprint density at radius 1 is 1.89 bits per heavy atom. The summed E-state index contributed by atoms with van der Waals surface area (Å²) in [5.41, 5.74) is 5.31. The number of amides is 1. The van der Waals surface area contributed by atoms with Crippen molar-refractivity contribution in [3.05, 3.63) is 0 Å². The number of amidine groups is 1. The minimum Gasteiger partial charge on any atom is -0.378 e. The Morgan fingerprint density at radius 3 is 3.00 bits per heavy atom. The van der Waals surface area contributed by atoms with Gasteiger partial charge in [-0.25, -0.2) is 0 Å². The molecule has 2 N–H and O–H groups in total. The van der Waals surface area contributed by atoms with E-state index in [1.165, 1.54) is 11.8 Å². The number of carbonyl (C=O) groups excluding carboxylic acids is 1. The van der Waals surface area contributed by atoms with E-state index in [1.54, 1.807) is 0 Å². The van der Waals surface area contributed by atoms with Crippen molar-refractivity contribution in [2.24, 2.45) is 10.7 Å². The maximum atomic E-state index is 10.6. The van der Waals surface area contributed by atoms with Crippen molar-refractivity contribution in [1.82, 2.24) is 0 Å². The van der Waals surface area contributed by atoms with E-state index in [2.05, 4.69) is 4.99 Å². The van der Waals surface area contributed by atoms with Crippen LogP contribution in [0.4, 0.5) is 0 Å². The summed E-state index contributed by atoms with van der Waals surface area (Å²) in [5.74, 6) is -0.0984. The zero-order valence-corrected chi connectivity index (χ0v) is 5.94. The number of thioether (sulfide) groups is 1. The third-order valence-electron chi connectivity index (χ3n) is 1.02. The van der Waals surface area contributed by atoms with Crippen molar-refractivity contribution in [2.45, 2.75) is 18.6 Å². The highest BCUT2D eigenvalue weighted by atomic mass is 32.2. The average Bonchev–Trinajstić information content (AvgIpc) is 1.59. The smallest absolute Gasteiger partial charge is 0.249 e. The zero-order valence-electron chi connectivity index (χ0n) is 5.13. The lowest BCUT2D eigenvalue weighted by Crippen LogP contribution is -2.21. The second-order valence-corrected chi connectivity index (χ2v) is 3.44. The van der Waals surface area contributed by atoms with E-state index in [0.29, 0.717) is 16.8 Å². The van der Waals surface area contributed by atoms with Gasteiger partial charge in [-0.15, -0.1) is 0 Å². The Morgan fingerprint density at radius 2 is 2.56 bits per heavy atom. The number of aliphatic imine (C=N–C) groups is 1. The van der Waals surface area contributed by atoms with E-state index in [0.717, 1.165) is 0 Å². The molecule has 0 aromatic heterocycles. The van der Waals surface area contributed by atoms with Gasteiger partial charge in [-0.05, 0) is 0 Å². The van der Waals surface area contributed by atoms with Gasteiger partial charge in [0.05, 0.1) is 0 Å². The maximum Gasteiger partial charge on any atom is 0.249 e. The molecule has 0 aliphatic carbocycles. The number of rotatable bonds is 0. The Hall–Kier alpha value is -0.510. The quantitative estimate of drug-likeness (QED) is 0.534. The van der Waals surface area contributed by atoms with Crippen LogP contribution >= 0.6 is 11.8 Å². The predicted octanol–water partition coefficient (Wildman–Crippen LogP) is 0.353. The molecular weight excluding hydrogens is 136 g/mol. The highest BCUT2D eigenvalue weighted by Crippen LogP contribution is 2.18. The minimum atomic E-state index is -0.0984. The normalized spacial score (nSPS) is 27.9. The summed E-state index contributed by atoms with van der Waals surface area (Å²) >= 11 is 1.45. The highest BCUT2D eigenvalue weighted by Gasteiger charge is 2.16. The van der Waals surface area contributed by atoms with E-state index in [-0.39, 0.29) is 5.91 Å². The lowest BCUT2D eigenvalue weighted by molar-refractivity contribution is -0.117. The summed E-state index contributed by atoms with van der Waals surface area (Å²) in [4.78, 5) is 14.2. The van der Waals surface area contributed by atoms with E-state index in [9.17, 15) is 4.79 Å². The fourth-order valence-corrected chi connectivity index (χ4v) is 1.48. The summed E-state index contributed by atoms with van der Waals surface area (Å²) < 4.78 is 0. The van der Waals surface area contributed by atoms with Crippen molar-refractivity contribution in [2.75, 3.05) is 0 Å². The summed E-state index contributed by atoms with van der Waals surface area (Å²) in [7, 11) is 0. The van der Waals surface area contributed by atoms with Crippen molar-refractivity contribution in [1.29, 1.82) is 0 Å². The van der Waals surface area contributed by atoms with Gasteiger partial charge in [0.15, 0.2) is 5.17 Å². The van der Waals surface area contributed by atoms with Crippen LogP contribution in [0, 0.1) is 0 Å². The van der Waals surface area contributed by atoms with Crippen LogP contribution in [0.15, 0.2) is 4.99 Å². The lowest BCUT2D eigenvalue weighted by atomic mass is 10.3. The molecule has 50 valence electrons. The van der Waals surface area contributed by atoms with Gasteiger partial charge in [0.1, 0.15) is 0 Å². The van der Waals surface area contributed by atoms with Crippen molar-refractivity contribution < 1.29 is 4.79 Å². The van der Waals surface area contributed by atoms with E-state index in [1.807, 2.05) is 6.92 Å². The summed E-state index contributed by atoms with van der Waals surface area (Å²) in [6, 6.07) is 0. The molecule has 1 amide bonds. The summed E-state index contributed by atoms with van der Waals surface area (Å²) in [6.07, 6.45) is 0.519. The largest absolute Gasteiger partial charge is 0.378 e. The topological polar surface area (TPSA) is 55.5 Å². The maximum absolute atomic E-state index is 10.6. The number of nitrogens with two attached hydrogens (primary N) is 1. The molecule has 1 aliphatic rings. The Bertz CT molecular complexity index is 166. The molecule has 0 spiro atoms. The fourth-order valence-electron chi connectivity index (χ4n) is 0.689. The summed E-state index contributed by atoms with van der Waals surface area (Å²) in [5, 5.41) is 0.703. The van der Waals surface area contributed by atoms with Crippen LogP contribution in [0.2, 0.25) is 0 Å². The van der Waals surface area contributed by atoms with Crippen LogP contribution in [0.3, 0.4) is 0 Å². The lowest BCUT2D eigenvalue weighted by Gasteiger charge is -2.12. The van der Waals surface area contributed by atoms with Crippen LogP contribution in [0.5, 0.6) is 0 Å². The average molecular weight is 144 g/mol. The molecule has 0 saturated heterocycles. The molecule has 9 heavy (non-hydrogen) atoms. The van der Waals surface area contributed by atoms with Crippen LogP contribution in [-0.4, -0.2) is 16.3 Å². The molecule has 1 rings (SSSR count). The van der Waals surface area contributed by atoms with E-state index >= 15 is 0 Å². The minimum absolute atomic E-state index is 0.0984. The van der Waals surface area contributed by atoms with Crippen molar-refractivity contribution in [3.63, 3.8) is 0 Å². The van der Waals surface area contributed by atoms with Crippen LogP contribution < -0.4 is 5.73 Å². The molecule has 1 heterocycles. The number of hydrogen-bond acceptors (Lipinski definition) is 3. The molecular formula is C5H8N2OS. The molecule has 1 aliphatic heterocycles. The first-order valence-electron chi connectivity index (χ1n) is 2.72. The first kappa shape index (κ1) is 6.61. The third-order valence-corrected chi connectivity index (χ3v) is 1.92. The zero-order chi connectivity index (χ0) is 6.85. The van der Waals surface area contributed by atoms with Gasteiger partial charge in [0, 0.05) is 11.7 Å². The van der Waals surface area contributed by atoms with E-state index < -0.39 is 0 Å². The highest BCUT2D eigenvalue weighted by molar-refractivity contribution is 8.14. The Kier molecular flexibility index (Phi) is 1.75. The molecule has 3 nitrogen and oxygen atoms in total. The monoisotopic (exact) mass is 144 g/mol. The second-order valence-electron chi connectivity index (χ2n) is 1.98. The first-order valence-corrected chi connectivity index (χ1v) is 3.60. The molecule has 1 unspecified atom stereocenters. The van der Waals surface area contributed by atoms with Gasteiger partial charge < -0.3 is 5.73 Å². The molecule has 0 bridgehead atoms. The van der Waals surface area contributed by atoms with Gasteiger partial charge in [0.2, 0.25) is 5.91 Å². The van der Waals surface area contributed by atoms with Crippen LogP contribution in [0.1, 0.15) is 13.3 Å². The van der Waals surface area contributed by atoms with Crippen molar-refractivity contribution in [3.8, 4) is 0 Å². The van der Waals surface area contributed by atoms with Gasteiger partial charge in [-0.3, -0.25) is 4.79 Å². The third kappa shape index (κ3) is 1.71. The fraction of sp³-hybridized carbons (Fsp3) is 0.600. The molecule has 4 heteroatoms. The first-order chi connectivity index (χ1) is 4.18. The molecule has 0 fully saturated rings. The Balaban J connectivity index is 2.67. The second kappa shape index (κ2) is 2.39. The van der Waals surface area contributed by atoms with Crippen LogP contribution in [0.25, 0.3) is 0 Å². The number of carbonyl (C=O) groups is 1. The molecule has 0 saturated carbocycles. The van der Waals surface area contributed by atoms with Gasteiger partial charge in [0.25, 0.3) is 0 Å². The van der Waals surface area contributed by atoms with E-state index in [4.69, 9.17) is 5.73 Å². The molecule has 1 atom stereocenters. The summed E-state index contributed by atoms with van der Waals surface area (Å²) in [6.45, 7) is 1.96. The number of nitrogens with zero attached hydrogens (tertiary/aromatic N) is 1. The van der Waals surface area contributed by atoms with Gasteiger partial charge in [-0.1, -0.05) is 18.7 Å². The van der Waals surface area contributed by atoms with Gasteiger partial charge >= 0.3 is 0 Å². The predicted molar refractivity (Wildman–Crippen MR) is 38.3 cm³/mol. The van der Waals surface area contributed by atoms with Crippen molar-refractivity contribution >= 4 is 22.8 Å². The Labute approximate surface area is 57.7 Å².